The van der Waals surface area contributed by atoms with Gasteiger partial charge in [-0.25, -0.2) is 4.68 Å². The molecular formula is C7H10ClN3O. The van der Waals surface area contributed by atoms with Gasteiger partial charge in [0.1, 0.15) is 11.8 Å². The average molecular weight is 188 g/mol. The third kappa shape index (κ3) is 1.76. The number of halogens is 1. The molecule has 1 aromatic heterocycles. The Morgan fingerprint density at radius 2 is 2.25 bits per heavy atom. The van der Waals surface area contributed by atoms with Gasteiger partial charge in [0.15, 0.2) is 0 Å². The van der Waals surface area contributed by atoms with E-state index in [0.717, 1.165) is 5.82 Å². The van der Waals surface area contributed by atoms with Crippen molar-refractivity contribution in [3.63, 3.8) is 0 Å². The summed E-state index contributed by atoms with van der Waals surface area (Å²) in [6.07, 6.45) is 0. The maximum atomic E-state index is 11.0. The third-order valence-corrected chi connectivity index (χ3v) is 1.65. The molecule has 0 unspecified atom stereocenters. The van der Waals surface area contributed by atoms with Gasteiger partial charge >= 0.3 is 0 Å². The number of hydrogen-bond donors (Lipinski definition) is 0. The molecule has 0 aliphatic rings. The van der Waals surface area contributed by atoms with Crippen molar-refractivity contribution in [1.29, 1.82) is 0 Å². The smallest absolute Gasteiger partial charge is 0.268 e. The van der Waals surface area contributed by atoms with Crippen LogP contribution in [0.4, 0.5) is 5.82 Å². The quantitative estimate of drug-likeness (QED) is 0.634. The highest BCUT2D eigenvalue weighted by Crippen LogP contribution is 2.01. The second kappa shape index (κ2) is 3.58. The van der Waals surface area contributed by atoms with E-state index < -0.39 is 0 Å². The predicted octanol–water partition coefficient (Wildman–Crippen LogP) is 0.506. The molecular weight excluding hydrogens is 178 g/mol. The van der Waals surface area contributed by atoms with Gasteiger partial charge in [0.25, 0.3) is 5.56 Å². The Balaban J connectivity index is 3.14. The summed E-state index contributed by atoms with van der Waals surface area (Å²) < 4.78 is 1.21. The Hall–Kier alpha value is -1.03. The Bertz CT molecular complexity index is 321. The van der Waals surface area contributed by atoms with Crippen LogP contribution in [0.15, 0.2) is 16.9 Å². The zero-order valence-electron chi connectivity index (χ0n) is 6.99. The van der Waals surface area contributed by atoms with Crippen LogP contribution < -0.4 is 10.5 Å². The van der Waals surface area contributed by atoms with Gasteiger partial charge in [-0.15, -0.1) is 11.6 Å². The van der Waals surface area contributed by atoms with Crippen LogP contribution in [0, 0.1) is 0 Å². The standard InChI is InChI=1S/C7H10ClN3O/c1-10(2)6-3-4-7(12)11(5-8)9-6/h3-4H,5H2,1-2H3. The molecule has 0 N–H and O–H groups in total. The predicted molar refractivity (Wildman–Crippen MR) is 48.7 cm³/mol. The highest BCUT2D eigenvalue weighted by atomic mass is 35.5. The van der Waals surface area contributed by atoms with Crippen LogP contribution in [-0.2, 0) is 6.00 Å². The van der Waals surface area contributed by atoms with Crippen molar-refractivity contribution in [3.05, 3.63) is 22.5 Å². The van der Waals surface area contributed by atoms with Crippen molar-refractivity contribution in [3.8, 4) is 0 Å². The van der Waals surface area contributed by atoms with Gasteiger partial charge in [-0.1, -0.05) is 0 Å². The molecule has 0 saturated carbocycles. The van der Waals surface area contributed by atoms with Crippen molar-refractivity contribution < 1.29 is 0 Å². The lowest BCUT2D eigenvalue weighted by Gasteiger charge is -2.11. The largest absolute Gasteiger partial charge is 0.361 e. The minimum Gasteiger partial charge on any atom is -0.361 e. The fraction of sp³-hybridized carbons (Fsp3) is 0.429. The molecule has 0 amide bonds. The van der Waals surface area contributed by atoms with Crippen LogP contribution in [-0.4, -0.2) is 23.9 Å². The summed E-state index contributed by atoms with van der Waals surface area (Å²) in [5.74, 6) is 0.718. The van der Waals surface area contributed by atoms with Gasteiger partial charge in [0.05, 0.1) is 0 Å². The van der Waals surface area contributed by atoms with E-state index in [1.165, 1.54) is 10.7 Å². The number of nitrogens with zero attached hydrogens (tertiary/aromatic N) is 3. The Kier molecular flexibility index (Phi) is 2.70. The minimum absolute atomic E-state index is 0.0838. The fourth-order valence-electron chi connectivity index (χ4n) is 0.762. The summed E-state index contributed by atoms with van der Waals surface area (Å²) in [5, 5.41) is 3.99. The number of aromatic nitrogens is 2. The monoisotopic (exact) mass is 187 g/mol. The first-order valence-electron chi connectivity index (χ1n) is 3.46. The summed E-state index contributed by atoms with van der Waals surface area (Å²) in [6.45, 7) is 0. The van der Waals surface area contributed by atoms with Gasteiger partial charge < -0.3 is 4.90 Å². The van der Waals surface area contributed by atoms with Gasteiger partial charge in [0.2, 0.25) is 0 Å². The minimum atomic E-state index is -0.185. The number of anilines is 1. The summed E-state index contributed by atoms with van der Waals surface area (Å²) in [6, 6.07) is 3.19. The van der Waals surface area contributed by atoms with Crippen LogP contribution in [0.3, 0.4) is 0 Å². The molecule has 0 bridgehead atoms. The summed E-state index contributed by atoms with van der Waals surface area (Å²) in [4.78, 5) is 12.8. The molecule has 12 heavy (non-hydrogen) atoms. The van der Waals surface area contributed by atoms with Crippen molar-refractivity contribution in [1.82, 2.24) is 9.78 Å². The average Bonchev–Trinajstić information content (AvgIpc) is 2.05. The first-order chi connectivity index (χ1) is 5.65. The number of hydrogen-bond acceptors (Lipinski definition) is 3. The lowest BCUT2D eigenvalue weighted by Crippen LogP contribution is -2.23. The van der Waals surface area contributed by atoms with Crippen LogP contribution in [0.1, 0.15) is 0 Å². The Morgan fingerprint density at radius 3 is 2.75 bits per heavy atom. The third-order valence-electron chi connectivity index (χ3n) is 1.42. The van der Waals surface area contributed by atoms with E-state index in [-0.39, 0.29) is 11.6 Å². The van der Waals surface area contributed by atoms with E-state index in [4.69, 9.17) is 11.6 Å². The molecule has 1 rings (SSSR count). The molecule has 1 heterocycles. The van der Waals surface area contributed by atoms with E-state index in [0.29, 0.717) is 0 Å². The first kappa shape index (κ1) is 9.06. The van der Waals surface area contributed by atoms with E-state index in [9.17, 15) is 4.79 Å². The van der Waals surface area contributed by atoms with Crippen molar-refractivity contribution in [2.24, 2.45) is 0 Å². The van der Waals surface area contributed by atoms with E-state index >= 15 is 0 Å². The Labute approximate surface area is 75.4 Å². The lowest BCUT2D eigenvalue weighted by molar-refractivity contribution is 0.683. The second-order valence-corrected chi connectivity index (χ2v) is 2.78. The molecule has 0 saturated heterocycles. The summed E-state index contributed by atoms with van der Waals surface area (Å²) >= 11 is 5.49. The normalized spacial score (nSPS) is 9.92. The molecule has 0 atom stereocenters. The van der Waals surface area contributed by atoms with Crippen molar-refractivity contribution in [2.75, 3.05) is 19.0 Å². The molecule has 1 aromatic rings. The van der Waals surface area contributed by atoms with Gasteiger partial charge in [-0.05, 0) is 6.07 Å². The molecule has 0 aliphatic heterocycles. The topological polar surface area (TPSA) is 38.1 Å². The van der Waals surface area contributed by atoms with Gasteiger partial charge in [-0.3, -0.25) is 4.79 Å². The second-order valence-electron chi connectivity index (χ2n) is 2.54. The highest BCUT2D eigenvalue weighted by molar-refractivity contribution is 6.15. The van der Waals surface area contributed by atoms with Crippen molar-refractivity contribution in [2.45, 2.75) is 6.00 Å². The SMILES string of the molecule is CN(C)c1ccc(=O)n(CCl)n1. The highest BCUT2D eigenvalue weighted by Gasteiger charge is 1.99. The lowest BCUT2D eigenvalue weighted by atomic mass is 10.5. The van der Waals surface area contributed by atoms with Crippen LogP contribution in [0.5, 0.6) is 0 Å². The Morgan fingerprint density at radius 1 is 1.58 bits per heavy atom. The molecule has 5 heteroatoms. The number of rotatable bonds is 2. The summed E-state index contributed by atoms with van der Waals surface area (Å²) in [5.41, 5.74) is -0.185. The zero-order chi connectivity index (χ0) is 9.14. The zero-order valence-corrected chi connectivity index (χ0v) is 7.75. The molecule has 0 radical (unpaired) electrons. The van der Waals surface area contributed by atoms with Crippen LogP contribution in [0.2, 0.25) is 0 Å². The maximum Gasteiger partial charge on any atom is 0.268 e. The number of alkyl halides is 1. The summed E-state index contributed by atoms with van der Waals surface area (Å²) in [7, 11) is 3.71. The van der Waals surface area contributed by atoms with Crippen LogP contribution >= 0.6 is 11.6 Å². The maximum absolute atomic E-state index is 11.0. The first-order valence-corrected chi connectivity index (χ1v) is 4.00. The van der Waals surface area contributed by atoms with Gasteiger partial charge in [-0.2, -0.15) is 5.10 Å². The molecule has 0 aromatic carbocycles. The van der Waals surface area contributed by atoms with E-state index in [1.807, 2.05) is 19.0 Å². The van der Waals surface area contributed by atoms with Gasteiger partial charge in [0, 0.05) is 20.2 Å². The van der Waals surface area contributed by atoms with E-state index in [1.54, 1.807) is 6.07 Å². The fourth-order valence-corrected chi connectivity index (χ4v) is 0.934. The molecule has 0 spiro atoms. The van der Waals surface area contributed by atoms with Crippen LogP contribution in [0.25, 0.3) is 0 Å². The molecule has 0 aliphatic carbocycles. The molecule has 66 valence electrons. The molecule has 0 fully saturated rings. The van der Waals surface area contributed by atoms with Crippen molar-refractivity contribution >= 4 is 17.4 Å². The van der Waals surface area contributed by atoms with E-state index in [2.05, 4.69) is 5.10 Å². The molecule has 4 nitrogen and oxygen atoms in total.